The third kappa shape index (κ3) is 1.58. The summed E-state index contributed by atoms with van der Waals surface area (Å²) in [5.74, 6) is 0. The molecule has 0 spiro atoms. The van der Waals surface area contributed by atoms with Crippen LogP contribution in [0.25, 0.3) is 6.08 Å². The first kappa shape index (κ1) is 8.32. The molecule has 13 heavy (non-hydrogen) atoms. The highest BCUT2D eigenvalue weighted by Crippen LogP contribution is 2.26. The van der Waals surface area contributed by atoms with Crippen LogP contribution in [-0.4, -0.2) is 13.6 Å². The van der Waals surface area contributed by atoms with Crippen LogP contribution < -0.4 is 5.32 Å². The maximum absolute atomic E-state index is 5.50. The molecular weight excluding hydrogens is 162 g/mol. The van der Waals surface area contributed by atoms with E-state index in [2.05, 4.69) is 17.4 Å². The van der Waals surface area contributed by atoms with Crippen molar-refractivity contribution in [3.63, 3.8) is 0 Å². The Kier molecular flexibility index (Phi) is 2.32. The van der Waals surface area contributed by atoms with Gasteiger partial charge in [0.25, 0.3) is 0 Å². The summed E-state index contributed by atoms with van der Waals surface area (Å²) in [6.45, 7) is 0.849. The molecule has 0 aliphatic carbocycles. The topological polar surface area (TPSA) is 21.3 Å². The van der Waals surface area contributed by atoms with E-state index in [1.165, 1.54) is 11.1 Å². The van der Waals surface area contributed by atoms with Gasteiger partial charge in [-0.05, 0) is 18.7 Å². The van der Waals surface area contributed by atoms with E-state index in [0.717, 1.165) is 6.54 Å². The molecule has 1 aromatic rings. The van der Waals surface area contributed by atoms with Crippen molar-refractivity contribution < 1.29 is 4.74 Å². The van der Waals surface area contributed by atoms with Gasteiger partial charge in [0.05, 0.1) is 6.26 Å². The van der Waals surface area contributed by atoms with Gasteiger partial charge in [-0.15, -0.1) is 0 Å². The van der Waals surface area contributed by atoms with Crippen molar-refractivity contribution in [1.82, 2.24) is 5.32 Å². The van der Waals surface area contributed by atoms with E-state index in [-0.39, 0.29) is 6.10 Å². The van der Waals surface area contributed by atoms with Gasteiger partial charge in [0.2, 0.25) is 0 Å². The molecule has 1 aromatic carbocycles. The van der Waals surface area contributed by atoms with E-state index in [4.69, 9.17) is 4.74 Å². The number of likely N-dealkylation sites (N-methyl/N-ethyl adjacent to an activating group) is 1. The molecule has 0 bridgehead atoms. The molecule has 2 rings (SSSR count). The molecule has 0 radical (unpaired) electrons. The summed E-state index contributed by atoms with van der Waals surface area (Å²) in [4.78, 5) is 0. The van der Waals surface area contributed by atoms with Crippen molar-refractivity contribution in [2.45, 2.75) is 6.10 Å². The van der Waals surface area contributed by atoms with Gasteiger partial charge in [0, 0.05) is 12.1 Å². The summed E-state index contributed by atoms with van der Waals surface area (Å²) in [5.41, 5.74) is 2.52. The Hall–Kier alpha value is -1.28. The van der Waals surface area contributed by atoms with Gasteiger partial charge >= 0.3 is 0 Å². The van der Waals surface area contributed by atoms with Gasteiger partial charge in [-0.25, -0.2) is 0 Å². The fourth-order valence-corrected chi connectivity index (χ4v) is 1.58. The predicted molar refractivity (Wildman–Crippen MR) is 53.2 cm³/mol. The smallest absolute Gasteiger partial charge is 0.136 e. The van der Waals surface area contributed by atoms with Crippen LogP contribution in [0.5, 0.6) is 0 Å². The lowest BCUT2D eigenvalue weighted by atomic mass is 10.0. The predicted octanol–water partition coefficient (Wildman–Crippen LogP) is 1.95. The van der Waals surface area contributed by atoms with E-state index >= 15 is 0 Å². The van der Waals surface area contributed by atoms with Gasteiger partial charge in [-0.1, -0.05) is 24.3 Å². The molecule has 1 aliphatic rings. The maximum Gasteiger partial charge on any atom is 0.136 e. The van der Waals surface area contributed by atoms with Crippen molar-refractivity contribution >= 4 is 6.08 Å². The fourth-order valence-electron chi connectivity index (χ4n) is 1.58. The van der Waals surface area contributed by atoms with Crippen LogP contribution in [-0.2, 0) is 4.74 Å². The number of benzene rings is 1. The average Bonchev–Trinajstić information content (AvgIpc) is 2.19. The van der Waals surface area contributed by atoms with Crippen LogP contribution in [0.3, 0.4) is 0 Å². The Balaban J connectivity index is 2.32. The molecule has 1 N–H and O–H groups in total. The van der Waals surface area contributed by atoms with Crippen molar-refractivity contribution in [1.29, 1.82) is 0 Å². The molecule has 2 heteroatoms. The molecular formula is C11H13NO. The summed E-state index contributed by atoms with van der Waals surface area (Å²) >= 11 is 0. The standard InChI is InChI=1S/C11H13NO/c1-12-8-11-10-5-3-2-4-9(10)6-7-13-11/h2-7,11-12H,8H2,1H3. The van der Waals surface area contributed by atoms with Gasteiger partial charge in [-0.3, -0.25) is 0 Å². The number of ether oxygens (including phenoxy) is 1. The minimum Gasteiger partial charge on any atom is -0.492 e. The Morgan fingerprint density at radius 1 is 1.38 bits per heavy atom. The van der Waals surface area contributed by atoms with Crippen molar-refractivity contribution in [3.05, 3.63) is 41.7 Å². The van der Waals surface area contributed by atoms with Crippen LogP contribution in [0.2, 0.25) is 0 Å². The van der Waals surface area contributed by atoms with E-state index in [9.17, 15) is 0 Å². The minimum absolute atomic E-state index is 0.159. The molecule has 0 aromatic heterocycles. The molecule has 1 unspecified atom stereocenters. The first-order valence-electron chi connectivity index (χ1n) is 4.47. The number of fused-ring (bicyclic) bond motifs is 1. The van der Waals surface area contributed by atoms with Crippen molar-refractivity contribution in [2.24, 2.45) is 0 Å². The first-order chi connectivity index (χ1) is 6.42. The number of nitrogens with one attached hydrogen (secondary N) is 1. The van der Waals surface area contributed by atoms with Crippen molar-refractivity contribution in [3.8, 4) is 0 Å². The Bertz CT molecular complexity index is 320. The number of hydrogen-bond donors (Lipinski definition) is 1. The van der Waals surface area contributed by atoms with E-state index < -0.39 is 0 Å². The molecule has 1 atom stereocenters. The fraction of sp³-hybridized carbons (Fsp3) is 0.273. The minimum atomic E-state index is 0.159. The first-order valence-corrected chi connectivity index (χ1v) is 4.47. The molecule has 0 saturated heterocycles. The Morgan fingerprint density at radius 2 is 2.23 bits per heavy atom. The molecule has 0 fully saturated rings. The van der Waals surface area contributed by atoms with Gasteiger partial charge in [0.15, 0.2) is 0 Å². The van der Waals surface area contributed by atoms with Crippen LogP contribution in [0.15, 0.2) is 30.5 Å². The van der Waals surface area contributed by atoms with Gasteiger partial charge in [-0.2, -0.15) is 0 Å². The maximum atomic E-state index is 5.50. The average molecular weight is 175 g/mol. The SMILES string of the molecule is CNCC1OC=Cc2ccccc21. The summed E-state index contributed by atoms with van der Waals surface area (Å²) in [7, 11) is 1.93. The zero-order valence-corrected chi connectivity index (χ0v) is 7.66. The van der Waals surface area contributed by atoms with Gasteiger partial charge < -0.3 is 10.1 Å². The Labute approximate surface area is 78.2 Å². The lowest BCUT2D eigenvalue weighted by molar-refractivity contribution is 0.144. The zero-order chi connectivity index (χ0) is 9.10. The van der Waals surface area contributed by atoms with Crippen LogP contribution in [0.1, 0.15) is 17.2 Å². The molecule has 0 saturated carbocycles. The summed E-state index contributed by atoms with van der Waals surface area (Å²) < 4.78 is 5.50. The van der Waals surface area contributed by atoms with E-state index in [1.807, 2.05) is 25.3 Å². The van der Waals surface area contributed by atoms with Crippen LogP contribution >= 0.6 is 0 Å². The molecule has 68 valence electrons. The second-order valence-corrected chi connectivity index (χ2v) is 3.11. The highest BCUT2D eigenvalue weighted by atomic mass is 16.5. The highest BCUT2D eigenvalue weighted by molar-refractivity contribution is 5.55. The normalized spacial score (nSPS) is 19.3. The molecule has 1 heterocycles. The van der Waals surface area contributed by atoms with E-state index in [1.54, 1.807) is 6.26 Å². The van der Waals surface area contributed by atoms with Crippen molar-refractivity contribution in [2.75, 3.05) is 13.6 Å². The second-order valence-electron chi connectivity index (χ2n) is 3.11. The lowest BCUT2D eigenvalue weighted by Gasteiger charge is -2.22. The quantitative estimate of drug-likeness (QED) is 0.741. The third-order valence-electron chi connectivity index (χ3n) is 2.22. The molecule has 2 nitrogen and oxygen atoms in total. The highest BCUT2D eigenvalue weighted by Gasteiger charge is 2.16. The lowest BCUT2D eigenvalue weighted by Crippen LogP contribution is -2.20. The van der Waals surface area contributed by atoms with E-state index in [0.29, 0.717) is 0 Å². The zero-order valence-electron chi connectivity index (χ0n) is 7.66. The van der Waals surface area contributed by atoms with Crippen LogP contribution in [0.4, 0.5) is 0 Å². The van der Waals surface area contributed by atoms with Crippen LogP contribution in [0, 0.1) is 0 Å². The Morgan fingerprint density at radius 3 is 3.08 bits per heavy atom. The largest absolute Gasteiger partial charge is 0.492 e. The molecule has 0 amide bonds. The summed E-state index contributed by atoms with van der Waals surface area (Å²) in [5, 5.41) is 3.12. The second kappa shape index (κ2) is 3.62. The summed E-state index contributed by atoms with van der Waals surface area (Å²) in [6, 6.07) is 8.31. The summed E-state index contributed by atoms with van der Waals surface area (Å²) in [6.07, 6.45) is 3.93. The number of hydrogen-bond acceptors (Lipinski definition) is 2. The molecule has 1 aliphatic heterocycles. The monoisotopic (exact) mass is 175 g/mol. The third-order valence-corrected chi connectivity index (χ3v) is 2.22. The van der Waals surface area contributed by atoms with Gasteiger partial charge in [0.1, 0.15) is 6.10 Å². The number of rotatable bonds is 2.